The van der Waals surface area contributed by atoms with Crippen molar-refractivity contribution in [3.63, 3.8) is 0 Å². The summed E-state index contributed by atoms with van der Waals surface area (Å²) in [6.07, 6.45) is 2.68. The lowest BCUT2D eigenvalue weighted by Gasteiger charge is -2.04. The van der Waals surface area contributed by atoms with E-state index in [4.69, 9.17) is 14.9 Å². The monoisotopic (exact) mass is 290 g/mol. The normalized spacial score (nSPS) is 10.8. The minimum atomic E-state index is -0.958. The van der Waals surface area contributed by atoms with Crippen LogP contribution in [-0.2, 0) is 18.0 Å². The van der Waals surface area contributed by atoms with E-state index >= 15 is 0 Å². The Balaban J connectivity index is 1.91. The summed E-state index contributed by atoms with van der Waals surface area (Å²) in [4.78, 5) is 12.3. The van der Waals surface area contributed by atoms with Crippen LogP contribution < -0.4 is 4.74 Å². The highest BCUT2D eigenvalue weighted by Crippen LogP contribution is 2.20. The average molecular weight is 290 g/mol. The maximum Gasteiger partial charge on any atom is 0.328 e. The summed E-state index contributed by atoms with van der Waals surface area (Å²) < 4.78 is 5.62. The molecule has 1 aromatic heterocycles. The van der Waals surface area contributed by atoms with E-state index in [1.54, 1.807) is 6.08 Å². The fourth-order valence-corrected chi connectivity index (χ4v) is 2.39. The van der Waals surface area contributed by atoms with Crippen molar-refractivity contribution in [2.75, 3.05) is 0 Å². The quantitative estimate of drug-likeness (QED) is 0.803. The van der Waals surface area contributed by atoms with Gasteiger partial charge in [-0.1, -0.05) is 12.1 Å². The molecule has 0 atom stereocenters. The number of aliphatic hydroxyl groups is 1. The molecule has 0 saturated heterocycles. The molecule has 104 valence electrons. The van der Waals surface area contributed by atoms with Crippen LogP contribution in [0.4, 0.5) is 0 Å². The molecule has 0 radical (unpaired) electrons. The molecule has 2 aromatic rings. The molecule has 1 heterocycles. The van der Waals surface area contributed by atoms with E-state index in [0.717, 1.165) is 27.1 Å². The lowest BCUT2D eigenvalue weighted by Crippen LogP contribution is -1.93. The molecule has 2 rings (SSSR count). The maximum atomic E-state index is 10.4. The van der Waals surface area contributed by atoms with Crippen LogP contribution >= 0.6 is 11.3 Å². The number of ether oxygens (including phenoxy) is 1. The second kappa shape index (κ2) is 6.88. The Bertz CT molecular complexity index is 599. The molecule has 0 aliphatic rings. The van der Waals surface area contributed by atoms with E-state index in [1.807, 2.05) is 36.4 Å². The fraction of sp³-hybridized carbons (Fsp3) is 0.133. The first-order valence-electron chi connectivity index (χ1n) is 5.99. The molecule has 2 N–H and O–H groups in total. The SMILES string of the molecule is O=C(O)C=Cc1ccc(COc2ccc(CO)cc2)s1. The van der Waals surface area contributed by atoms with Gasteiger partial charge < -0.3 is 14.9 Å². The summed E-state index contributed by atoms with van der Waals surface area (Å²) in [6, 6.07) is 11.0. The molecule has 0 fully saturated rings. The predicted molar refractivity (Wildman–Crippen MR) is 77.7 cm³/mol. The van der Waals surface area contributed by atoms with Crippen molar-refractivity contribution in [3.8, 4) is 5.75 Å². The number of benzene rings is 1. The van der Waals surface area contributed by atoms with Crippen molar-refractivity contribution >= 4 is 23.4 Å². The maximum absolute atomic E-state index is 10.4. The minimum Gasteiger partial charge on any atom is -0.488 e. The smallest absolute Gasteiger partial charge is 0.328 e. The summed E-state index contributed by atoms with van der Waals surface area (Å²) in [5.41, 5.74) is 0.842. The Morgan fingerprint density at radius 3 is 2.60 bits per heavy atom. The Hall–Kier alpha value is -2.11. The topological polar surface area (TPSA) is 66.8 Å². The van der Waals surface area contributed by atoms with Crippen LogP contribution in [-0.4, -0.2) is 16.2 Å². The summed E-state index contributed by atoms with van der Waals surface area (Å²) in [6.45, 7) is 0.453. The number of carbonyl (C=O) groups is 1. The van der Waals surface area contributed by atoms with E-state index in [-0.39, 0.29) is 6.61 Å². The summed E-state index contributed by atoms with van der Waals surface area (Å²) in [5.74, 6) is -0.224. The third kappa shape index (κ3) is 4.22. The molecular formula is C15H14O4S. The summed E-state index contributed by atoms with van der Waals surface area (Å²) >= 11 is 1.49. The van der Waals surface area contributed by atoms with Crippen molar-refractivity contribution in [2.45, 2.75) is 13.2 Å². The van der Waals surface area contributed by atoms with Gasteiger partial charge in [0.1, 0.15) is 12.4 Å². The number of hydrogen-bond donors (Lipinski definition) is 2. The zero-order valence-electron chi connectivity index (χ0n) is 10.7. The predicted octanol–water partition coefficient (Wildman–Crippen LogP) is 2.92. The Morgan fingerprint density at radius 1 is 1.20 bits per heavy atom. The van der Waals surface area contributed by atoms with Crippen LogP contribution in [0, 0.1) is 0 Å². The average Bonchev–Trinajstić information content (AvgIpc) is 2.91. The van der Waals surface area contributed by atoms with E-state index in [2.05, 4.69) is 0 Å². The number of thiophene rings is 1. The molecule has 0 spiro atoms. The van der Waals surface area contributed by atoms with Gasteiger partial charge in [0.15, 0.2) is 0 Å². The zero-order chi connectivity index (χ0) is 14.4. The second-order valence-electron chi connectivity index (χ2n) is 4.07. The highest BCUT2D eigenvalue weighted by Gasteiger charge is 2.00. The number of carboxylic acids is 1. The number of hydrogen-bond acceptors (Lipinski definition) is 4. The van der Waals surface area contributed by atoms with Crippen LogP contribution in [0.3, 0.4) is 0 Å². The number of aliphatic hydroxyl groups excluding tert-OH is 1. The highest BCUT2D eigenvalue weighted by molar-refractivity contribution is 7.12. The van der Waals surface area contributed by atoms with Gasteiger partial charge in [-0.3, -0.25) is 0 Å². The summed E-state index contributed by atoms with van der Waals surface area (Å²) in [7, 11) is 0. The molecule has 0 aliphatic heterocycles. The van der Waals surface area contributed by atoms with Crippen molar-refractivity contribution in [3.05, 3.63) is 57.8 Å². The molecule has 0 bridgehead atoms. The van der Waals surface area contributed by atoms with Gasteiger partial charge in [0.2, 0.25) is 0 Å². The largest absolute Gasteiger partial charge is 0.488 e. The number of carboxylic acid groups (broad SMARTS) is 1. The van der Waals surface area contributed by atoms with Gasteiger partial charge in [0.25, 0.3) is 0 Å². The lowest BCUT2D eigenvalue weighted by atomic mass is 10.2. The van der Waals surface area contributed by atoms with Gasteiger partial charge in [0, 0.05) is 15.8 Å². The second-order valence-corrected chi connectivity index (χ2v) is 5.27. The van der Waals surface area contributed by atoms with Crippen LogP contribution in [0.25, 0.3) is 6.08 Å². The fourth-order valence-electron chi connectivity index (χ4n) is 1.56. The lowest BCUT2D eigenvalue weighted by molar-refractivity contribution is -0.131. The van der Waals surface area contributed by atoms with Crippen LogP contribution in [0.5, 0.6) is 5.75 Å². The van der Waals surface area contributed by atoms with E-state index in [0.29, 0.717) is 6.61 Å². The first-order valence-corrected chi connectivity index (χ1v) is 6.81. The summed E-state index contributed by atoms with van der Waals surface area (Å²) in [5, 5.41) is 17.5. The minimum absolute atomic E-state index is 0.0183. The Labute approximate surface area is 120 Å². The van der Waals surface area contributed by atoms with Crippen LogP contribution in [0.2, 0.25) is 0 Å². The number of aliphatic carboxylic acids is 1. The molecule has 20 heavy (non-hydrogen) atoms. The molecule has 0 amide bonds. The van der Waals surface area contributed by atoms with Gasteiger partial charge in [-0.25, -0.2) is 4.79 Å². The molecule has 0 unspecified atom stereocenters. The first kappa shape index (κ1) is 14.3. The molecular weight excluding hydrogens is 276 g/mol. The highest BCUT2D eigenvalue weighted by atomic mass is 32.1. The van der Waals surface area contributed by atoms with Gasteiger partial charge >= 0.3 is 5.97 Å². The Morgan fingerprint density at radius 2 is 1.95 bits per heavy atom. The van der Waals surface area contributed by atoms with Crippen molar-refractivity contribution in [1.82, 2.24) is 0 Å². The third-order valence-electron chi connectivity index (χ3n) is 2.56. The molecule has 0 saturated carbocycles. The van der Waals surface area contributed by atoms with Gasteiger partial charge in [-0.05, 0) is 35.9 Å². The molecule has 0 aliphatic carbocycles. The van der Waals surface area contributed by atoms with Crippen LogP contribution in [0.1, 0.15) is 15.3 Å². The van der Waals surface area contributed by atoms with E-state index in [9.17, 15) is 4.79 Å². The van der Waals surface area contributed by atoms with Crippen molar-refractivity contribution in [2.24, 2.45) is 0 Å². The first-order chi connectivity index (χ1) is 9.67. The van der Waals surface area contributed by atoms with Crippen LogP contribution in [0.15, 0.2) is 42.5 Å². The van der Waals surface area contributed by atoms with E-state index < -0.39 is 5.97 Å². The molecule has 4 nitrogen and oxygen atoms in total. The zero-order valence-corrected chi connectivity index (χ0v) is 11.5. The third-order valence-corrected chi connectivity index (χ3v) is 3.58. The van der Waals surface area contributed by atoms with E-state index in [1.165, 1.54) is 11.3 Å². The van der Waals surface area contributed by atoms with Gasteiger partial charge in [-0.15, -0.1) is 11.3 Å². The molecule has 1 aromatic carbocycles. The van der Waals surface area contributed by atoms with Gasteiger partial charge in [0.05, 0.1) is 6.61 Å². The molecule has 5 heteroatoms. The van der Waals surface area contributed by atoms with Gasteiger partial charge in [-0.2, -0.15) is 0 Å². The Kier molecular flexibility index (Phi) is 4.92. The standard InChI is InChI=1S/C15H14O4S/c16-9-11-1-3-12(4-2-11)19-10-14-6-5-13(20-14)7-8-15(17)18/h1-8,16H,9-10H2,(H,17,18). The number of rotatable bonds is 6. The van der Waals surface area contributed by atoms with Crippen molar-refractivity contribution < 1.29 is 19.7 Å². The van der Waals surface area contributed by atoms with Crippen molar-refractivity contribution in [1.29, 1.82) is 0 Å².